The third-order valence-corrected chi connectivity index (χ3v) is 3.17. The fraction of sp³-hybridized carbons (Fsp3) is 0.438. The van der Waals surface area contributed by atoms with E-state index in [4.69, 9.17) is 9.47 Å². The van der Waals surface area contributed by atoms with Crippen LogP contribution >= 0.6 is 0 Å². The Kier molecular flexibility index (Phi) is 6.56. The lowest BCUT2D eigenvalue weighted by atomic mass is 10.3. The van der Waals surface area contributed by atoms with E-state index in [-0.39, 0.29) is 18.6 Å². The standard InChI is InChI=1S/C16H22N4O4/c1-3-9-17-15(21)20-13-8-6-5-7-12(13)18-14(20)19-16(22)24-11-10-23-4-2/h5-8H,3-4,9-11H2,1-2H3,(H,17,21)(H,18,19,22). The van der Waals surface area contributed by atoms with Gasteiger partial charge in [0.15, 0.2) is 0 Å². The van der Waals surface area contributed by atoms with E-state index in [9.17, 15) is 9.59 Å². The molecule has 1 aromatic heterocycles. The minimum absolute atomic E-state index is 0.117. The van der Waals surface area contributed by atoms with Crippen molar-refractivity contribution in [3.63, 3.8) is 0 Å². The SMILES string of the molecule is CCCNC(=O)n1c(NC(=O)OCCOCC)nc2ccccc21. The number of aromatic nitrogens is 2. The van der Waals surface area contributed by atoms with E-state index < -0.39 is 6.09 Å². The number of anilines is 1. The van der Waals surface area contributed by atoms with Crippen molar-refractivity contribution in [2.45, 2.75) is 20.3 Å². The number of amides is 2. The molecule has 8 nitrogen and oxygen atoms in total. The predicted molar refractivity (Wildman–Crippen MR) is 90.3 cm³/mol. The Labute approximate surface area is 140 Å². The fourth-order valence-electron chi connectivity index (χ4n) is 2.09. The van der Waals surface area contributed by atoms with Crippen LogP contribution in [0.4, 0.5) is 15.5 Å². The Morgan fingerprint density at radius 3 is 2.75 bits per heavy atom. The van der Waals surface area contributed by atoms with Gasteiger partial charge in [-0.05, 0) is 25.5 Å². The van der Waals surface area contributed by atoms with E-state index in [2.05, 4.69) is 15.6 Å². The fourth-order valence-corrected chi connectivity index (χ4v) is 2.09. The molecule has 24 heavy (non-hydrogen) atoms. The minimum atomic E-state index is -0.686. The molecule has 1 aromatic carbocycles. The smallest absolute Gasteiger partial charge is 0.414 e. The highest BCUT2D eigenvalue weighted by Crippen LogP contribution is 2.19. The minimum Gasteiger partial charge on any atom is -0.447 e. The number of nitrogens with zero attached hydrogens (tertiary/aromatic N) is 2. The Balaban J connectivity index is 2.16. The zero-order valence-electron chi connectivity index (χ0n) is 13.9. The summed E-state index contributed by atoms with van der Waals surface area (Å²) in [7, 11) is 0. The molecule has 0 atom stereocenters. The van der Waals surface area contributed by atoms with Crippen molar-refractivity contribution in [3.8, 4) is 0 Å². The van der Waals surface area contributed by atoms with Gasteiger partial charge < -0.3 is 14.8 Å². The van der Waals surface area contributed by atoms with Crippen molar-refractivity contribution < 1.29 is 19.1 Å². The van der Waals surface area contributed by atoms with Gasteiger partial charge in [0.2, 0.25) is 5.95 Å². The lowest BCUT2D eigenvalue weighted by Gasteiger charge is -2.10. The molecule has 1 heterocycles. The number of ether oxygens (including phenoxy) is 2. The molecule has 0 radical (unpaired) electrons. The van der Waals surface area contributed by atoms with Gasteiger partial charge in [-0.25, -0.2) is 19.1 Å². The van der Waals surface area contributed by atoms with Gasteiger partial charge in [0, 0.05) is 13.2 Å². The lowest BCUT2D eigenvalue weighted by molar-refractivity contribution is 0.0849. The van der Waals surface area contributed by atoms with Gasteiger partial charge in [-0.1, -0.05) is 19.1 Å². The Morgan fingerprint density at radius 2 is 2.00 bits per heavy atom. The van der Waals surface area contributed by atoms with Crippen LogP contribution in [0.2, 0.25) is 0 Å². The molecule has 0 bridgehead atoms. The molecule has 0 saturated heterocycles. The van der Waals surface area contributed by atoms with E-state index >= 15 is 0 Å². The first-order valence-electron chi connectivity index (χ1n) is 7.94. The molecule has 0 aliphatic heterocycles. The lowest BCUT2D eigenvalue weighted by Crippen LogP contribution is -2.31. The van der Waals surface area contributed by atoms with Gasteiger partial charge in [0.05, 0.1) is 17.6 Å². The maximum absolute atomic E-state index is 12.4. The molecule has 0 saturated carbocycles. The summed E-state index contributed by atoms with van der Waals surface area (Å²) >= 11 is 0. The predicted octanol–water partition coefficient (Wildman–Crippen LogP) is 2.59. The first-order chi connectivity index (χ1) is 11.7. The average Bonchev–Trinajstić information content (AvgIpc) is 2.94. The van der Waals surface area contributed by atoms with Crippen LogP contribution in [0.1, 0.15) is 20.3 Å². The van der Waals surface area contributed by atoms with Crippen molar-refractivity contribution >= 4 is 29.1 Å². The molecule has 0 spiro atoms. The number of fused-ring (bicyclic) bond motifs is 1. The highest BCUT2D eigenvalue weighted by molar-refractivity contribution is 5.96. The quantitative estimate of drug-likeness (QED) is 0.759. The van der Waals surface area contributed by atoms with Crippen molar-refractivity contribution in [1.82, 2.24) is 14.9 Å². The van der Waals surface area contributed by atoms with Crippen LogP contribution < -0.4 is 10.6 Å². The molecule has 2 N–H and O–H groups in total. The molecular formula is C16H22N4O4. The molecule has 0 fully saturated rings. The van der Waals surface area contributed by atoms with Crippen molar-refractivity contribution in [2.24, 2.45) is 0 Å². The van der Waals surface area contributed by atoms with Crippen LogP contribution in [0, 0.1) is 0 Å². The van der Waals surface area contributed by atoms with E-state index in [1.807, 2.05) is 19.9 Å². The first-order valence-corrected chi connectivity index (χ1v) is 7.94. The largest absolute Gasteiger partial charge is 0.447 e. The van der Waals surface area contributed by atoms with Crippen molar-refractivity contribution in [2.75, 3.05) is 31.7 Å². The maximum atomic E-state index is 12.4. The molecule has 0 aliphatic carbocycles. The zero-order valence-corrected chi connectivity index (χ0v) is 13.9. The van der Waals surface area contributed by atoms with Crippen molar-refractivity contribution in [3.05, 3.63) is 24.3 Å². The van der Waals surface area contributed by atoms with Gasteiger partial charge in [0.25, 0.3) is 0 Å². The Bertz CT molecular complexity index is 698. The molecule has 130 valence electrons. The summed E-state index contributed by atoms with van der Waals surface area (Å²) in [4.78, 5) is 28.5. The number of carbonyl (C=O) groups excluding carboxylic acids is 2. The van der Waals surface area contributed by atoms with Crippen LogP contribution in [0.5, 0.6) is 0 Å². The van der Waals surface area contributed by atoms with E-state index in [0.29, 0.717) is 30.8 Å². The Hall–Kier alpha value is -2.61. The maximum Gasteiger partial charge on any atom is 0.414 e. The average molecular weight is 334 g/mol. The summed E-state index contributed by atoms with van der Waals surface area (Å²) in [6, 6.07) is 6.80. The normalized spacial score (nSPS) is 10.6. The second-order valence-electron chi connectivity index (χ2n) is 4.95. The summed E-state index contributed by atoms with van der Waals surface area (Å²) in [5.74, 6) is 0.117. The van der Waals surface area contributed by atoms with Gasteiger partial charge in [-0.3, -0.25) is 5.32 Å². The zero-order chi connectivity index (χ0) is 17.4. The highest BCUT2D eigenvalue weighted by Gasteiger charge is 2.18. The van der Waals surface area contributed by atoms with Crippen LogP contribution in [0.3, 0.4) is 0 Å². The van der Waals surface area contributed by atoms with E-state index in [1.54, 1.807) is 18.2 Å². The van der Waals surface area contributed by atoms with Gasteiger partial charge in [-0.2, -0.15) is 0 Å². The monoisotopic (exact) mass is 334 g/mol. The topological polar surface area (TPSA) is 94.5 Å². The van der Waals surface area contributed by atoms with Gasteiger partial charge >= 0.3 is 12.1 Å². The van der Waals surface area contributed by atoms with Gasteiger partial charge in [0.1, 0.15) is 6.61 Å². The van der Waals surface area contributed by atoms with Crippen molar-refractivity contribution in [1.29, 1.82) is 0 Å². The molecule has 2 aromatic rings. The van der Waals surface area contributed by atoms with Crippen LogP contribution in [0.15, 0.2) is 24.3 Å². The summed E-state index contributed by atoms with van der Waals surface area (Å²) in [6.07, 6.45) is 0.121. The molecular weight excluding hydrogens is 312 g/mol. The molecule has 2 rings (SSSR count). The second kappa shape index (κ2) is 8.88. The number of para-hydroxylation sites is 2. The third kappa shape index (κ3) is 4.45. The van der Waals surface area contributed by atoms with Crippen LogP contribution in [-0.2, 0) is 9.47 Å². The van der Waals surface area contributed by atoms with Crippen LogP contribution in [0.25, 0.3) is 11.0 Å². The molecule has 0 unspecified atom stereocenters. The van der Waals surface area contributed by atoms with Crippen LogP contribution in [-0.4, -0.2) is 48.0 Å². The number of nitrogens with one attached hydrogen (secondary N) is 2. The summed E-state index contributed by atoms with van der Waals surface area (Å²) < 4.78 is 11.4. The summed E-state index contributed by atoms with van der Waals surface area (Å²) in [6.45, 7) is 5.35. The number of hydrogen-bond acceptors (Lipinski definition) is 5. The Morgan fingerprint density at radius 1 is 1.21 bits per heavy atom. The highest BCUT2D eigenvalue weighted by atomic mass is 16.6. The first kappa shape index (κ1) is 17.7. The molecule has 0 aliphatic rings. The van der Waals surface area contributed by atoms with E-state index in [1.165, 1.54) is 4.57 Å². The summed E-state index contributed by atoms with van der Waals surface area (Å²) in [5, 5.41) is 5.28. The number of carbonyl (C=O) groups is 2. The van der Waals surface area contributed by atoms with E-state index in [0.717, 1.165) is 6.42 Å². The van der Waals surface area contributed by atoms with Gasteiger partial charge in [-0.15, -0.1) is 0 Å². The number of hydrogen-bond donors (Lipinski definition) is 2. The molecule has 2 amide bonds. The second-order valence-corrected chi connectivity index (χ2v) is 4.95. The third-order valence-electron chi connectivity index (χ3n) is 3.17. The molecule has 8 heteroatoms. The number of benzene rings is 1. The number of rotatable bonds is 7. The number of imidazole rings is 1. The summed E-state index contributed by atoms with van der Waals surface area (Å²) in [5.41, 5.74) is 1.21.